The Morgan fingerprint density at radius 2 is 2.24 bits per heavy atom. The van der Waals surface area contributed by atoms with Gasteiger partial charge in [-0.3, -0.25) is 9.69 Å². The number of rotatable bonds is 2. The van der Waals surface area contributed by atoms with E-state index in [-0.39, 0.29) is 5.91 Å². The van der Waals surface area contributed by atoms with Gasteiger partial charge in [-0.05, 0) is 13.8 Å². The normalized spacial score (nSPS) is 20.9. The van der Waals surface area contributed by atoms with Crippen molar-refractivity contribution in [3.05, 3.63) is 15.5 Å². The van der Waals surface area contributed by atoms with Gasteiger partial charge in [-0.25, -0.2) is 4.98 Å². The molecule has 1 saturated heterocycles. The number of nitrogens with zero attached hydrogens (tertiary/aromatic N) is 3. The van der Waals surface area contributed by atoms with Gasteiger partial charge in [0.25, 0.3) is 0 Å². The Labute approximate surface area is 110 Å². The maximum atomic E-state index is 12.1. The SMILES string of the molecule is CN1CCN(Cc2cnc(Cl)s2)C(C)(C)C1=O. The first-order valence-corrected chi connectivity index (χ1v) is 6.71. The van der Waals surface area contributed by atoms with Crippen LogP contribution in [0.5, 0.6) is 0 Å². The number of carbonyl (C=O) groups excluding carboxylic acids is 1. The highest BCUT2D eigenvalue weighted by Gasteiger charge is 2.40. The zero-order valence-electron chi connectivity index (χ0n) is 10.2. The quantitative estimate of drug-likeness (QED) is 0.825. The van der Waals surface area contributed by atoms with E-state index in [9.17, 15) is 4.79 Å². The molecule has 94 valence electrons. The highest BCUT2D eigenvalue weighted by molar-refractivity contribution is 7.15. The predicted molar refractivity (Wildman–Crippen MR) is 69.3 cm³/mol. The lowest BCUT2D eigenvalue weighted by Crippen LogP contribution is -2.61. The first kappa shape index (κ1) is 12.8. The van der Waals surface area contributed by atoms with Gasteiger partial charge in [-0.15, -0.1) is 11.3 Å². The molecule has 1 amide bonds. The van der Waals surface area contributed by atoms with E-state index in [0.29, 0.717) is 4.47 Å². The fourth-order valence-electron chi connectivity index (χ4n) is 2.08. The molecule has 0 radical (unpaired) electrons. The largest absolute Gasteiger partial charge is 0.343 e. The summed E-state index contributed by atoms with van der Waals surface area (Å²) in [7, 11) is 1.85. The zero-order chi connectivity index (χ0) is 12.6. The summed E-state index contributed by atoms with van der Waals surface area (Å²) in [6.45, 7) is 6.32. The second-order valence-electron chi connectivity index (χ2n) is 4.79. The van der Waals surface area contributed by atoms with Crippen LogP contribution in [0.4, 0.5) is 0 Å². The van der Waals surface area contributed by atoms with Crippen LogP contribution in [-0.4, -0.2) is 46.4 Å². The smallest absolute Gasteiger partial charge is 0.242 e. The molecular formula is C11H16ClN3OS. The van der Waals surface area contributed by atoms with Crippen LogP contribution in [0, 0.1) is 0 Å². The molecule has 4 nitrogen and oxygen atoms in total. The molecule has 0 aromatic carbocycles. The van der Waals surface area contributed by atoms with E-state index >= 15 is 0 Å². The fourth-order valence-corrected chi connectivity index (χ4v) is 3.07. The number of likely N-dealkylation sites (N-methyl/N-ethyl adjacent to an activating group) is 1. The van der Waals surface area contributed by atoms with Gasteiger partial charge in [0.15, 0.2) is 4.47 Å². The summed E-state index contributed by atoms with van der Waals surface area (Å²) in [5, 5.41) is 0. The standard InChI is InChI=1S/C11H16ClN3OS/c1-11(2)9(16)14(3)4-5-15(11)7-8-6-13-10(12)17-8/h6H,4-5,7H2,1-3H3. The highest BCUT2D eigenvalue weighted by Crippen LogP contribution is 2.26. The number of halogens is 1. The Balaban J connectivity index is 2.13. The summed E-state index contributed by atoms with van der Waals surface area (Å²) in [5.41, 5.74) is -0.455. The third-order valence-corrected chi connectivity index (χ3v) is 4.34. The number of aromatic nitrogens is 1. The molecule has 0 unspecified atom stereocenters. The molecule has 0 N–H and O–H groups in total. The minimum absolute atomic E-state index is 0.166. The van der Waals surface area contributed by atoms with Gasteiger partial charge < -0.3 is 4.90 Å². The summed E-state index contributed by atoms with van der Waals surface area (Å²) >= 11 is 7.29. The Bertz CT molecular complexity index is 432. The number of amides is 1. The average Bonchev–Trinajstić information content (AvgIpc) is 2.66. The Hall–Kier alpha value is -0.650. The molecule has 0 saturated carbocycles. The summed E-state index contributed by atoms with van der Waals surface area (Å²) in [5.74, 6) is 0.166. The number of hydrogen-bond acceptors (Lipinski definition) is 4. The van der Waals surface area contributed by atoms with E-state index in [1.807, 2.05) is 20.9 Å². The van der Waals surface area contributed by atoms with Gasteiger partial charge in [0, 0.05) is 37.8 Å². The van der Waals surface area contributed by atoms with Crippen LogP contribution in [0.2, 0.25) is 4.47 Å². The van der Waals surface area contributed by atoms with Crippen molar-refractivity contribution in [1.29, 1.82) is 0 Å². The molecular weight excluding hydrogens is 258 g/mol. The van der Waals surface area contributed by atoms with E-state index in [4.69, 9.17) is 11.6 Å². The lowest BCUT2D eigenvalue weighted by atomic mass is 9.98. The van der Waals surface area contributed by atoms with Crippen LogP contribution in [0.1, 0.15) is 18.7 Å². The summed E-state index contributed by atoms with van der Waals surface area (Å²) in [6, 6.07) is 0. The molecule has 2 heterocycles. The molecule has 0 aliphatic carbocycles. The lowest BCUT2D eigenvalue weighted by molar-refractivity contribution is -0.147. The molecule has 1 fully saturated rings. The average molecular weight is 274 g/mol. The van der Waals surface area contributed by atoms with Crippen molar-refractivity contribution in [3.8, 4) is 0 Å². The molecule has 1 aliphatic heterocycles. The molecule has 17 heavy (non-hydrogen) atoms. The summed E-state index contributed by atoms with van der Waals surface area (Å²) in [6.07, 6.45) is 1.78. The Morgan fingerprint density at radius 1 is 1.53 bits per heavy atom. The molecule has 6 heteroatoms. The predicted octanol–water partition coefficient (Wildman–Crippen LogP) is 1.85. The van der Waals surface area contributed by atoms with Gasteiger partial charge in [0.2, 0.25) is 5.91 Å². The second-order valence-corrected chi connectivity index (χ2v) is 6.48. The number of thiazole rings is 1. The third kappa shape index (κ3) is 2.46. The molecule has 0 bridgehead atoms. The van der Waals surface area contributed by atoms with E-state index < -0.39 is 5.54 Å². The molecule has 1 aromatic rings. The van der Waals surface area contributed by atoms with Gasteiger partial charge in [-0.2, -0.15) is 0 Å². The fraction of sp³-hybridized carbons (Fsp3) is 0.636. The number of piperazine rings is 1. The van der Waals surface area contributed by atoms with Crippen LogP contribution in [-0.2, 0) is 11.3 Å². The first-order valence-electron chi connectivity index (χ1n) is 5.52. The van der Waals surface area contributed by atoms with E-state index in [2.05, 4.69) is 9.88 Å². The van der Waals surface area contributed by atoms with Crippen molar-refractivity contribution in [3.63, 3.8) is 0 Å². The maximum Gasteiger partial charge on any atom is 0.242 e. The monoisotopic (exact) mass is 273 g/mol. The van der Waals surface area contributed by atoms with Crippen molar-refractivity contribution in [1.82, 2.24) is 14.8 Å². The summed E-state index contributed by atoms with van der Waals surface area (Å²) < 4.78 is 0.554. The first-order chi connectivity index (χ1) is 7.91. The van der Waals surface area contributed by atoms with Crippen molar-refractivity contribution in [2.45, 2.75) is 25.9 Å². The Morgan fingerprint density at radius 3 is 2.82 bits per heavy atom. The van der Waals surface area contributed by atoms with Crippen molar-refractivity contribution >= 4 is 28.8 Å². The van der Waals surface area contributed by atoms with Gasteiger partial charge in [0.05, 0.1) is 5.54 Å². The zero-order valence-corrected chi connectivity index (χ0v) is 11.8. The minimum Gasteiger partial charge on any atom is -0.343 e. The highest BCUT2D eigenvalue weighted by atomic mass is 35.5. The molecule has 1 aromatic heterocycles. The van der Waals surface area contributed by atoms with Gasteiger partial charge >= 0.3 is 0 Å². The topological polar surface area (TPSA) is 36.4 Å². The minimum atomic E-state index is -0.455. The van der Waals surface area contributed by atoms with Gasteiger partial charge in [-0.1, -0.05) is 11.6 Å². The molecule has 0 spiro atoms. The lowest BCUT2D eigenvalue weighted by Gasteiger charge is -2.44. The van der Waals surface area contributed by atoms with Crippen LogP contribution in [0.15, 0.2) is 6.20 Å². The van der Waals surface area contributed by atoms with Crippen LogP contribution >= 0.6 is 22.9 Å². The van der Waals surface area contributed by atoms with Crippen LogP contribution in [0.25, 0.3) is 0 Å². The number of hydrogen-bond donors (Lipinski definition) is 0. The molecule has 2 rings (SSSR count). The van der Waals surface area contributed by atoms with Crippen LogP contribution < -0.4 is 0 Å². The van der Waals surface area contributed by atoms with E-state index in [1.54, 1.807) is 11.1 Å². The van der Waals surface area contributed by atoms with Gasteiger partial charge in [0.1, 0.15) is 0 Å². The second kappa shape index (κ2) is 4.55. The van der Waals surface area contributed by atoms with Crippen molar-refractivity contribution < 1.29 is 4.79 Å². The van der Waals surface area contributed by atoms with Crippen molar-refractivity contribution in [2.75, 3.05) is 20.1 Å². The van der Waals surface area contributed by atoms with E-state index in [0.717, 1.165) is 24.5 Å². The maximum absolute atomic E-state index is 12.1. The van der Waals surface area contributed by atoms with Crippen molar-refractivity contribution in [2.24, 2.45) is 0 Å². The summed E-state index contributed by atoms with van der Waals surface area (Å²) in [4.78, 5) is 21.2. The molecule has 1 aliphatic rings. The number of carbonyl (C=O) groups is 1. The van der Waals surface area contributed by atoms with Crippen LogP contribution in [0.3, 0.4) is 0 Å². The third-order valence-electron chi connectivity index (χ3n) is 3.24. The Kier molecular flexibility index (Phi) is 3.43. The molecule has 0 atom stereocenters. The van der Waals surface area contributed by atoms with E-state index in [1.165, 1.54) is 11.3 Å².